The largest absolute Gasteiger partial charge is 0.502 e. The number of rotatable bonds is 70. The summed E-state index contributed by atoms with van der Waals surface area (Å²) in [6, 6.07) is 6.53. The SMILES string of the molecule is CCO[Si](CCCN(C)C)(OCC)OCC.CCO[Si](CCCN)(OCC)OCC.CCO[Si](CCN(C)C)(OC)OC.CCO[Si](CCN(C)C)(OCC)OCC.CCO[Si](CCN)(OCC)OCC.CN(C)CCC[Si](O)(O)O.CO[Si](CCCN(C)C)(OC)OC.CO[Si](CCCN)(OC)OC.CO[Si](CCN)(OC)OC.NCCC[Si](O)(O)O.NCC[Si](O)(O)O. The van der Waals surface area contributed by atoms with Crippen LogP contribution in [0.25, 0.3) is 0 Å². The van der Waals surface area contributed by atoms with Crippen LogP contribution in [0.3, 0.4) is 0 Å². The fourth-order valence-electron chi connectivity index (χ4n) is 10.5. The highest BCUT2D eigenvalue weighted by molar-refractivity contribution is 6.63. The first-order valence-corrected chi connectivity index (χ1v) is 66.8. The summed E-state index contributed by atoms with van der Waals surface area (Å²) in [7, 11) is 7.78. The van der Waals surface area contributed by atoms with Gasteiger partial charge in [-0.1, -0.05) is 0 Å². The van der Waals surface area contributed by atoms with Crippen LogP contribution in [-0.4, -0.2) is 471 Å². The van der Waals surface area contributed by atoms with Gasteiger partial charge in [0.2, 0.25) is 0 Å². The van der Waals surface area contributed by atoms with Crippen molar-refractivity contribution in [2.24, 2.45) is 34.4 Å². The monoisotopic (exact) mass is 2100 g/mol. The summed E-state index contributed by atoms with van der Waals surface area (Å²) in [4.78, 5) is 85.7. The van der Waals surface area contributed by atoms with Crippen LogP contribution in [0.1, 0.15) is 129 Å². The van der Waals surface area contributed by atoms with E-state index in [0.717, 1.165) is 94.7 Å². The molecule has 0 aromatic carbocycles. The molecule has 0 spiro atoms. The van der Waals surface area contributed by atoms with Crippen LogP contribution in [0.2, 0.25) is 66.5 Å². The molecular formula is C75H205N11O33Si11. The Labute approximate surface area is 802 Å². The van der Waals surface area contributed by atoms with Gasteiger partial charge in [0.25, 0.3) is 0 Å². The minimum atomic E-state index is -3.78. The van der Waals surface area contributed by atoms with E-state index in [9.17, 15) is 0 Å². The van der Waals surface area contributed by atoms with Gasteiger partial charge in [-0.05, 0) is 258 Å². The highest BCUT2D eigenvalue weighted by Crippen LogP contribution is 2.22. The number of hydrogen-bond donors (Lipinski definition) is 15. The lowest BCUT2D eigenvalue weighted by Crippen LogP contribution is -2.47. The van der Waals surface area contributed by atoms with E-state index in [0.29, 0.717) is 144 Å². The van der Waals surface area contributed by atoms with Crippen LogP contribution in [0.4, 0.5) is 0 Å². The Kier molecular flexibility index (Phi) is 118. The number of hydrogen-bond acceptors (Lipinski definition) is 44. The van der Waals surface area contributed by atoms with Gasteiger partial charge in [0.05, 0.1) is 0 Å². The summed E-state index contributed by atoms with van der Waals surface area (Å²) in [5, 5.41) is 0. The molecule has 0 saturated heterocycles. The molecule has 0 aromatic rings. The molecule has 0 unspecified atom stereocenters. The van der Waals surface area contributed by atoms with E-state index in [1.807, 2.05) is 137 Å². The van der Waals surface area contributed by atoms with Gasteiger partial charge in [-0.15, -0.1) is 0 Å². The lowest BCUT2D eigenvalue weighted by molar-refractivity contribution is 0.0689. The Balaban J connectivity index is -0.000000134. The Morgan fingerprint density at radius 3 is 0.485 bits per heavy atom. The van der Waals surface area contributed by atoms with Crippen LogP contribution in [-0.2, 0) is 106 Å². The molecule has 55 heteroatoms. The molecule has 802 valence electrons. The standard InChI is InChI=1S/C11H27NO3Si.C10H25NO3Si.C9H23NO3Si.3C8H21NO3Si.C6H17NO3Si.2C5H15NO3Si.C3H11NO3Si.C2H9NO3Si/c1-6-13-16(14-7-2,15-8-3)11-9-10-12(4)5;1-6-12-15(13-7-2,14-8-3)10-9-11(4)5;1-4-11-14(12-5-2,13-6-3)9-7-8-10;1-9(2)7-6-8-13(10-3,11-4)12-5;1-6-12-13(10-4,11-5)8-7-9(2)3;1-4-10-13(8-7-9,11-5-2)12-6-3;1-8-11(9-2,10-3)6-4-5-7;1-7-10(8-2,9-3)5-4-6;1-6(2)4-3-5-10(7,8)9;4-2-1-3-8(5,6)7;3-1-2-7(4,5)6/h6-11H2,1-5H3;6-10H2,1-5H3;4-10H2,1-3H3;2*6-8H2,1-5H3;4-9H2,1-3H3;4-7H2,1-3H3;4-6H2,1-3H3;7-9H,3-5H2,1-2H3;5-7H,1-4H2;4-6H,1-3H2. The maximum atomic E-state index is 8.56. The summed E-state index contributed by atoms with van der Waals surface area (Å²) in [5.41, 5.74) is 31.6. The van der Waals surface area contributed by atoms with Crippen molar-refractivity contribution in [3.63, 3.8) is 0 Å². The summed E-state index contributed by atoms with van der Waals surface area (Å²) in [6.07, 6.45) is 4.96. The normalized spacial score (nSPS) is 12.2. The third-order valence-electron chi connectivity index (χ3n) is 16.7. The minimum Gasteiger partial charge on any atom is -0.390 e. The molecule has 0 aliphatic rings. The summed E-state index contributed by atoms with van der Waals surface area (Å²) < 4.78 is 131. The Bertz CT molecular complexity index is 2130. The van der Waals surface area contributed by atoms with Crippen molar-refractivity contribution < 1.29 is 149 Å². The van der Waals surface area contributed by atoms with E-state index >= 15 is 0 Å². The fraction of sp³-hybridized carbons (Fsp3) is 1.00. The summed E-state index contributed by atoms with van der Waals surface area (Å²) in [6.45, 7) is 41.5. The van der Waals surface area contributed by atoms with Gasteiger partial charge in [0.1, 0.15) is 0 Å². The quantitative estimate of drug-likeness (QED) is 0.0389. The third kappa shape index (κ3) is 98.8. The zero-order valence-corrected chi connectivity index (χ0v) is 99.0. The molecule has 0 aliphatic carbocycles. The van der Waals surface area contributed by atoms with Crippen molar-refractivity contribution in [3.05, 3.63) is 0 Å². The van der Waals surface area contributed by atoms with Crippen molar-refractivity contribution in [1.29, 1.82) is 0 Å². The van der Waals surface area contributed by atoms with Crippen LogP contribution < -0.4 is 34.4 Å². The first-order chi connectivity index (χ1) is 60.9. The fourth-order valence-corrected chi connectivity index (χ4v) is 29.5. The topological polar surface area (TPSA) is 576 Å². The average molecular weight is 2100 g/mol. The first-order valence-electron chi connectivity index (χ1n) is 45.2. The summed E-state index contributed by atoms with van der Waals surface area (Å²) in [5.74, 6) is 0. The molecule has 0 aliphatic heterocycles. The van der Waals surface area contributed by atoms with E-state index in [-0.39, 0.29) is 24.7 Å². The molecule has 21 N–H and O–H groups in total. The van der Waals surface area contributed by atoms with E-state index < -0.39 is 96.8 Å². The second kappa shape index (κ2) is 99.8. The average Bonchev–Trinajstić information content (AvgIpc) is 0.876. The Morgan fingerprint density at radius 1 is 0.169 bits per heavy atom. The zero-order chi connectivity index (χ0) is 103. The first kappa shape index (κ1) is 153. The molecular weight excluding hydrogens is 1890 g/mol. The van der Waals surface area contributed by atoms with Crippen LogP contribution in [0.5, 0.6) is 0 Å². The van der Waals surface area contributed by atoms with Crippen molar-refractivity contribution in [1.82, 2.24) is 24.5 Å². The smallest absolute Gasteiger partial charge is 0.390 e. The second-order valence-electron chi connectivity index (χ2n) is 28.8. The second-order valence-corrected chi connectivity index (χ2v) is 58.1. The number of nitrogens with two attached hydrogens (primary N) is 6. The molecule has 0 radical (unpaired) electrons. The third-order valence-corrected chi connectivity index (χ3v) is 43.3. The van der Waals surface area contributed by atoms with Crippen LogP contribution in [0, 0.1) is 0 Å². The Morgan fingerprint density at radius 2 is 0.315 bits per heavy atom. The molecule has 44 nitrogen and oxygen atoms in total. The van der Waals surface area contributed by atoms with Gasteiger partial charge in [0, 0.05) is 244 Å². The van der Waals surface area contributed by atoms with Gasteiger partial charge in [-0.25, -0.2) is 0 Å². The molecule has 0 aromatic heterocycles. The maximum Gasteiger partial charge on any atom is 0.502 e. The predicted octanol–water partition coefficient (Wildman–Crippen LogP) is 2.59. The highest BCUT2D eigenvalue weighted by atomic mass is 28.4. The van der Waals surface area contributed by atoms with Gasteiger partial charge >= 0.3 is 96.8 Å². The lowest BCUT2D eigenvalue weighted by atomic mass is 10.5. The van der Waals surface area contributed by atoms with Crippen molar-refractivity contribution in [3.8, 4) is 0 Å². The van der Waals surface area contributed by atoms with Gasteiger partial charge < -0.3 is 208 Å². The minimum absolute atomic E-state index is 0.0451. The molecule has 0 atom stereocenters. The lowest BCUT2D eigenvalue weighted by Gasteiger charge is -2.29. The van der Waals surface area contributed by atoms with E-state index in [1.54, 1.807) is 78.2 Å². The molecule has 0 heterocycles. The maximum absolute atomic E-state index is 8.56. The molecule has 0 rings (SSSR count). The highest BCUT2D eigenvalue weighted by Gasteiger charge is 2.45. The Hall–Kier alpha value is 0.626. The molecule has 0 amide bonds. The van der Waals surface area contributed by atoms with E-state index in [1.165, 1.54) is 0 Å². The van der Waals surface area contributed by atoms with Crippen molar-refractivity contribution >= 4 is 96.8 Å². The summed E-state index contributed by atoms with van der Waals surface area (Å²) >= 11 is 0. The molecule has 130 heavy (non-hydrogen) atoms. The van der Waals surface area contributed by atoms with Gasteiger partial charge in [-0.2, -0.15) is 0 Å². The van der Waals surface area contributed by atoms with Gasteiger partial charge in [0.15, 0.2) is 0 Å². The predicted molar refractivity (Wildman–Crippen MR) is 539 cm³/mol. The molecule has 0 fully saturated rings. The van der Waals surface area contributed by atoms with Gasteiger partial charge in [-0.3, -0.25) is 0 Å². The van der Waals surface area contributed by atoms with E-state index in [4.69, 9.17) is 184 Å². The number of nitrogens with zero attached hydrogens (tertiary/aromatic N) is 5. The van der Waals surface area contributed by atoms with Crippen molar-refractivity contribution in [2.75, 3.05) is 307 Å². The van der Waals surface area contributed by atoms with E-state index in [2.05, 4.69) is 47.8 Å². The molecule has 0 saturated carbocycles. The molecule has 0 bridgehead atoms. The zero-order valence-electron chi connectivity index (χ0n) is 88.0. The van der Waals surface area contributed by atoms with Crippen LogP contribution in [0.15, 0.2) is 0 Å². The van der Waals surface area contributed by atoms with Crippen LogP contribution >= 0.6 is 0 Å². The van der Waals surface area contributed by atoms with Crippen molar-refractivity contribution in [2.45, 2.75) is 195 Å².